The molecule has 3 nitrogen and oxygen atoms in total. The third-order valence-electron chi connectivity index (χ3n) is 3.79. The van der Waals surface area contributed by atoms with Crippen molar-refractivity contribution >= 4 is 11.6 Å². The van der Waals surface area contributed by atoms with Crippen LogP contribution in [0.1, 0.15) is 37.9 Å². The molecule has 1 aromatic heterocycles. The number of nitrogens with one attached hydrogen (secondary N) is 1. The van der Waals surface area contributed by atoms with Gasteiger partial charge in [0.2, 0.25) is 6.04 Å². The van der Waals surface area contributed by atoms with E-state index in [1.165, 1.54) is 11.1 Å². The number of hydrogen-bond donors (Lipinski definition) is 1. The molecule has 3 heteroatoms. The molecule has 110 valence electrons. The maximum atomic E-state index is 12.3. The number of anilines is 1. The average Bonchev–Trinajstić information content (AvgIpc) is 2.55. The summed E-state index contributed by atoms with van der Waals surface area (Å²) in [4.78, 5) is 12.3. The first-order chi connectivity index (χ1) is 10.1. The highest BCUT2D eigenvalue weighted by atomic mass is 16.2. The summed E-state index contributed by atoms with van der Waals surface area (Å²) in [5, 5.41) is 2.96. The average molecular weight is 283 g/mol. The Kier molecular flexibility index (Phi) is 5.09. The Bertz CT molecular complexity index is 588. The van der Waals surface area contributed by atoms with Crippen molar-refractivity contribution in [2.75, 3.05) is 5.32 Å². The fraction of sp³-hybridized carbons (Fsp3) is 0.333. The Hall–Kier alpha value is -2.16. The number of nitrogens with zero attached hydrogens (tertiary/aromatic N) is 1. The summed E-state index contributed by atoms with van der Waals surface area (Å²) < 4.78 is 1.93. The van der Waals surface area contributed by atoms with Crippen LogP contribution in [-0.4, -0.2) is 5.91 Å². The molecule has 0 unspecified atom stereocenters. The maximum Gasteiger partial charge on any atom is 0.293 e. The van der Waals surface area contributed by atoms with Gasteiger partial charge in [0.15, 0.2) is 12.4 Å². The second-order valence-electron chi connectivity index (χ2n) is 5.22. The first-order valence-corrected chi connectivity index (χ1v) is 7.53. The van der Waals surface area contributed by atoms with Crippen molar-refractivity contribution in [3.8, 4) is 0 Å². The molecule has 0 spiro atoms. The monoisotopic (exact) mass is 283 g/mol. The number of pyridine rings is 1. The van der Waals surface area contributed by atoms with Crippen LogP contribution in [0.15, 0.2) is 48.8 Å². The fourth-order valence-corrected chi connectivity index (χ4v) is 2.17. The van der Waals surface area contributed by atoms with Gasteiger partial charge in [-0.3, -0.25) is 4.79 Å². The van der Waals surface area contributed by atoms with Gasteiger partial charge >= 0.3 is 0 Å². The third-order valence-corrected chi connectivity index (χ3v) is 3.79. The first kappa shape index (κ1) is 15.2. The Balaban J connectivity index is 2.03. The van der Waals surface area contributed by atoms with Gasteiger partial charge in [-0.2, -0.15) is 4.57 Å². The summed E-state index contributed by atoms with van der Waals surface area (Å²) in [6.07, 6.45) is 5.93. The van der Waals surface area contributed by atoms with Crippen LogP contribution < -0.4 is 9.88 Å². The fourth-order valence-electron chi connectivity index (χ4n) is 2.17. The molecule has 1 aromatic carbocycles. The number of amides is 1. The Morgan fingerprint density at radius 2 is 1.52 bits per heavy atom. The second-order valence-corrected chi connectivity index (χ2v) is 5.22. The van der Waals surface area contributed by atoms with Crippen molar-refractivity contribution in [3.05, 3.63) is 59.9 Å². The smallest absolute Gasteiger partial charge is 0.293 e. The Morgan fingerprint density at radius 3 is 2.05 bits per heavy atom. The summed E-state index contributed by atoms with van der Waals surface area (Å²) >= 11 is 0. The molecule has 0 bridgehead atoms. The van der Waals surface area contributed by atoms with Gasteiger partial charge in [-0.15, -0.1) is 0 Å². The van der Waals surface area contributed by atoms with Crippen LogP contribution in [0.3, 0.4) is 0 Å². The van der Waals surface area contributed by atoms with E-state index in [-0.39, 0.29) is 11.9 Å². The molecule has 2 rings (SSSR count). The molecule has 0 aliphatic carbocycles. The lowest BCUT2D eigenvalue weighted by atomic mass is 10.1. The number of carbonyl (C=O) groups excluding carboxylic acids is 1. The molecule has 1 N–H and O–H groups in total. The van der Waals surface area contributed by atoms with Crippen molar-refractivity contribution in [2.45, 2.75) is 39.7 Å². The normalized spacial score (nSPS) is 12.0. The molecule has 1 heterocycles. The summed E-state index contributed by atoms with van der Waals surface area (Å²) in [5.41, 5.74) is 3.38. The lowest BCUT2D eigenvalue weighted by molar-refractivity contribution is -0.705. The molecular formula is C18H23N2O+. The molecule has 21 heavy (non-hydrogen) atoms. The first-order valence-electron chi connectivity index (χ1n) is 7.53. The molecule has 0 radical (unpaired) electrons. The SMILES string of the molecule is CCc1ccc(NC(=O)[C@@H](C)[n+]2ccc(CC)cc2)cc1. The van der Waals surface area contributed by atoms with E-state index in [9.17, 15) is 4.79 Å². The number of hydrogen-bond acceptors (Lipinski definition) is 1. The molecule has 2 aromatic rings. The molecule has 1 atom stereocenters. The lowest BCUT2D eigenvalue weighted by Gasteiger charge is -2.09. The van der Waals surface area contributed by atoms with Crippen molar-refractivity contribution in [2.24, 2.45) is 0 Å². The van der Waals surface area contributed by atoms with Crippen LogP contribution >= 0.6 is 0 Å². The summed E-state index contributed by atoms with van der Waals surface area (Å²) in [5.74, 6) is -0.00602. The van der Waals surface area contributed by atoms with Gasteiger partial charge in [-0.1, -0.05) is 26.0 Å². The van der Waals surface area contributed by atoms with Crippen LogP contribution in [-0.2, 0) is 17.6 Å². The Morgan fingerprint density at radius 1 is 1.00 bits per heavy atom. The highest BCUT2D eigenvalue weighted by Crippen LogP contribution is 2.11. The minimum absolute atomic E-state index is 0.00602. The molecule has 0 aliphatic heterocycles. The molecule has 0 saturated heterocycles. The molecule has 0 aliphatic rings. The van der Waals surface area contributed by atoms with Crippen LogP contribution in [0, 0.1) is 0 Å². The van der Waals surface area contributed by atoms with Crippen LogP contribution in [0.5, 0.6) is 0 Å². The quantitative estimate of drug-likeness (QED) is 0.839. The molecule has 0 fully saturated rings. The van der Waals surface area contributed by atoms with Gasteiger partial charge in [0.05, 0.1) is 0 Å². The number of aromatic nitrogens is 1. The zero-order valence-corrected chi connectivity index (χ0v) is 13.0. The van der Waals surface area contributed by atoms with E-state index in [0.717, 1.165) is 18.5 Å². The van der Waals surface area contributed by atoms with Gasteiger partial charge in [0, 0.05) is 24.7 Å². The van der Waals surface area contributed by atoms with Gasteiger partial charge in [-0.05, 0) is 36.1 Å². The highest BCUT2D eigenvalue weighted by molar-refractivity contribution is 5.92. The number of carbonyl (C=O) groups is 1. The lowest BCUT2D eigenvalue weighted by Crippen LogP contribution is -2.44. The van der Waals surface area contributed by atoms with E-state index >= 15 is 0 Å². The van der Waals surface area contributed by atoms with E-state index < -0.39 is 0 Å². The van der Waals surface area contributed by atoms with Gasteiger partial charge in [0.1, 0.15) is 0 Å². The van der Waals surface area contributed by atoms with Crippen molar-refractivity contribution < 1.29 is 9.36 Å². The van der Waals surface area contributed by atoms with Gasteiger partial charge in [-0.25, -0.2) is 0 Å². The predicted octanol–water partition coefficient (Wildman–Crippen LogP) is 3.30. The summed E-state index contributed by atoms with van der Waals surface area (Å²) in [6.45, 7) is 6.14. The zero-order chi connectivity index (χ0) is 15.2. The van der Waals surface area contributed by atoms with Gasteiger partial charge < -0.3 is 5.32 Å². The van der Waals surface area contributed by atoms with Crippen molar-refractivity contribution in [1.29, 1.82) is 0 Å². The summed E-state index contributed by atoms with van der Waals surface area (Å²) in [6, 6.07) is 11.9. The van der Waals surface area contributed by atoms with Gasteiger partial charge in [0.25, 0.3) is 5.91 Å². The van der Waals surface area contributed by atoms with Crippen LogP contribution in [0.4, 0.5) is 5.69 Å². The predicted molar refractivity (Wildman–Crippen MR) is 85.2 cm³/mol. The van der Waals surface area contributed by atoms with E-state index in [1.807, 2.05) is 48.1 Å². The van der Waals surface area contributed by atoms with E-state index in [4.69, 9.17) is 0 Å². The van der Waals surface area contributed by atoms with E-state index in [0.29, 0.717) is 0 Å². The molecule has 1 amide bonds. The standard InChI is InChI=1S/C18H22N2O/c1-4-15-6-8-17(9-7-15)19-18(21)14(3)20-12-10-16(5-2)11-13-20/h6-14H,4-5H2,1-3H3/p+1/t14-/m1/s1. The maximum absolute atomic E-state index is 12.3. The zero-order valence-electron chi connectivity index (χ0n) is 13.0. The number of rotatable bonds is 5. The summed E-state index contributed by atoms with van der Waals surface area (Å²) in [7, 11) is 0. The topological polar surface area (TPSA) is 33.0 Å². The minimum Gasteiger partial charge on any atom is -0.320 e. The third kappa shape index (κ3) is 3.91. The number of benzene rings is 1. The van der Waals surface area contributed by atoms with E-state index in [1.54, 1.807) is 0 Å². The molecule has 0 saturated carbocycles. The number of aryl methyl sites for hydroxylation is 2. The minimum atomic E-state index is -0.234. The van der Waals surface area contributed by atoms with Crippen molar-refractivity contribution in [3.63, 3.8) is 0 Å². The van der Waals surface area contributed by atoms with Crippen LogP contribution in [0.25, 0.3) is 0 Å². The largest absolute Gasteiger partial charge is 0.320 e. The second kappa shape index (κ2) is 7.02. The Labute approximate surface area is 126 Å². The van der Waals surface area contributed by atoms with E-state index in [2.05, 4.69) is 31.3 Å². The molecular weight excluding hydrogens is 260 g/mol. The highest BCUT2D eigenvalue weighted by Gasteiger charge is 2.21. The van der Waals surface area contributed by atoms with Crippen molar-refractivity contribution in [1.82, 2.24) is 0 Å². The van der Waals surface area contributed by atoms with Crippen LogP contribution in [0.2, 0.25) is 0 Å².